The molecule has 2 heterocycles. The first kappa shape index (κ1) is 13.5. The fourth-order valence-corrected chi connectivity index (χ4v) is 3.75. The van der Waals surface area contributed by atoms with E-state index in [0.29, 0.717) is 31.9 Å². The summed E-state index contributed by atoms with van der Waals surface area (Å²) in [6.45, 7) is 1.21. The van der Waals surface area contributed by atoms with Crippen LogP contribution >= 0.6 is 0 Å². The summed E-state index contributed by atoms with van der Waals surface area (Å²) in [5.41, 5.74) is 1.75. The van der Waals surface area contributed by atoms with E-state index >= 15 is 0 Å². The van der Waals surface area contributed by atoms with Crippen molar-refractivity contribution in [1.29, 1.82) is 0 Å². The molecule has 0 radical (unpaired) electrons. The fourth-order valence-electron chi connectivity index (χ4n) is 2.36. The molecule has 20 heavy (non-hydrogen) atoms. The number of hydrogen-bond donors (Lipinski definition) is 2. The van der Waals surface area contributed by atoms with Crippen molar-refractivity contribution in [3.8, 4) is 0 Å². The van der Waals surface area contributed by atoms with Crippen LogP contribution in [0.2, 0.25) is 0 Å². The molecule has 0 saturated carbocycles. The monoisotopic (exact) mass is 295 g/mol. The van der Waals surface area contributed by atoms with Gasteiger partial charge in [-0.15, -0.1) is 0 Å². The number of aromatic nitrogens is 2. The third-order valence-corrected chi connectivity index (χ3v) is 5.38. The topological polar surface area (TPSA) is 84.1 Å². The molecule has 1 aromatic heterocycles. The number of ether oxygens (including phenoxy) is 1. The predicted octanol–water partition coefficient (Wildman–Crippen LogP) is 1.16. The number of H-pyrrole nitrogens is 1. The van der Waals surface area contributed by atoms with Crippen LogP contribution in [0.5, 0.6) is 0 Å². The van der Waals surface area contributed by atoms with E-state index in [4.69, 9.17) is 4.74 Å². The highest BCUT2D eigenvalue weighted by atomic mass is 32.2. The smallest absolute Gasteiger partial charge is 0.215 e. The van der Waals surface area contributed by atoms with Crippen molar-refractivity contribution in [2.24, 2.45) is 0 Å². The highest BCUT2D eigenvalue weighted by Gasteiger charge is 2.27. The van der Waals surface area contributed by atoms with E-state index in [0.717, 1.165) is 11.0 Å². The summed E-state index contributed by atoms with van der Waals surface area (Å²) < 4.78 is 32.1. The van der Waals surface area contributed by atoms with Crippen LogP contribution in [-0.4, -0.2) is 36.8 Å². The van der Waals surface area contributed by atoms with Gasteiger partial charge in [-0.25, -0.2) is 18.1 Å². The number of aromatic amines is 1. The second-order valence-electron chi connectivity index (χ2n) is 4.88. The van der Waals surface area contributed by atoms with E-state index in [1.807, 2.05) is 24.3 Å². The van der Waals surface area contributed by atoms with Crippen molar-refractivity contribution in [2.45, 2.75) is 24.6 Å². The van der Waals surface area contributed by atoms with E-state index in [-0.39, 0.29) is 11.8 Å². The minimum atomic E-state index is -3.31. The molecule has 1 aliphatic rings. The molecule has 0 aliphatic carbocycles. The summed E-state index contributed by atoms with van der Waals surface area (Å²) in [6.07, 6.45) is 1.10. The van der Waals surface area contributed by atoms with Crippen LogP contribution in [0.3, 0.4) is 0 Å². The number of hydrogen-bond acceptors (Lipinski definition) is 4. The van der Waals surface area contributed by atoms with Crippen LogP contribution in [0.4, 0.5) is 0 Å². The van der Waals surface area contributed by atoms with Crippen LogP contribution in [0.25, 0.3) is 11.0 Å². The molecule has 108 valence electrons. The maximum atomic E-state index is 12.2. The van der Waals surface area contributed by atoms with Crippen molar-refractivity contribution in [3.63, 3.8) is 0 Å². The number of para-hydroxylation sites is 2. The Morgan fingerprint density at radius 1 is 1.30 bits per heavy atom. The normalized spacial score (nSPS) is 17.6. The van der Waals surface area contributed by atoms with Gasteiger partial charge in [0.1, 0.15) is 5.82 Å². The minimum Gasteiger partial charge on any atom is -0.381 e. The standard InChI is InChI=1S/C13H17N3O3S/c17-20(18,10-5-7-19-8-6-10)14-9-13-15-11-3-1-2-4-12(11)16-13/h1-4,10,14H,5-9H2,(H,15,16). The first-order valence-electron chi connectivity index (χ1n) is 6.65. The molecular formula is C13H17N3O3S. The number of nitrogens with one attached hydrogen (secondary N) is 2. The van der Waals surface area contributed by atoms with Gasteiger partial charge >= 0.3 is 0 Å². The molecule has 7 heteroatoms. The van der Waals surface area contributed by atoms with Gasteiger partial charge in [-0.1, -0.05) is 12.1 Å². The van der Waals surface area contributed by atoms with Gasteiger partial charge in [0.05, 0.1) is 22.8 Å². The lowest BCUT2D eigenvalue weighted by atomic mass is 10.2. The Bertz CT molecular complexity index is 657. The molecule has 1 aliphatic heterocycles. The van der Waals surface area contributed by atoms with Crippen molar-refractivity contribution in [1.82, 2.24) is 14.7 Å². The summed E-state index contributed by atoms with van der Waals surface area (Å²) in [6, 6.07) is 7.62. The SMILES string of the molecule is O=S(=O)(NCc1nc2ccccc2[nH]1)C1CCOCC1. The summed E-state index contributed by atoms with van der Waals surface area (Å²) in [7, 11) is -3.31. The maximum Gasteiger partial charge on any atom is 0.215 e. The lowest BCUT2D eigenvalue weighted by Gasteiger charge is -2.22. The van der Waals surface area contributed by atoms with Crippen molar-refractivity contribution < 1.29 is 13.2 Å². The average molecular weight is 295 g/mol. The average Bonchev–Trinajstić information content (AvgIpc) is 2.89. The second kappa shape index (κ2) is 5.51. The Balaban J connectivity index is 1.68. The number of rotatable bonds is 4. The van der Waals surface area contributed by atoms with Gasteiger partial charge in [0, 0.05) is 13.2 Å². The Morgan fingerprint density at radius 3 is 2.80 bits per heavy atom. The van der Waals surface area contributed by atoms with E-state index in [9.17, 15) is 8.42 Å². The van der Waals surface area contributed by atoms with E-state index in [1.165, 1.54) is 0 Å². The molecule has 6 nitrogen and oxygen atoms in total. The number of nitrogens with zero attached hydrogens (tertiary/aromatic N) is 1. The van der Waals surface area contributed by atoms with Crippen LogP contribution in [0, 0.1) is 0 Å². The number of benzene rings is 1. The van der Waals surface area contributed by atoms with Crippen LogP contribution in [0.1, 0.15) is 18.7 Å². The number of sulfonamides is 1. The molecule has 0 atom stereocenters. The van der Waals surface area contributed by atoms with Crippen LogP contribution < -0.4 is 4.72 Å². The highest BCUT2D eigenvalue weighted by Crippen LogP contribution is 2.15. The Hall–Kier alpha value is -1.44. The van der Waals surface area contributed by atoms with Crippen molar-refractivity contribution in [2.75, 3.05) is 13.2 Å². The van der Waals surface area contributed by atoms with Gasteiger partial charge in [0.25, 0.3) is 0 Å². The molecule has 0 bridgehead atoms. The summed E-state index contributed by atoms with van der Waals surface area (Å²) in [4.78, 5) is 7.46. The minimum absolute atomic E-state index is 0.189. The molecular weight excluding hydrogens is 278 g/mol. The lowest BCUT2D eigenvalue weighted by molar-refractivity contribution is 0.0981. The Labute approximate surface area is 117 Å². The molecule has 0 amide bonds. The molecule has 0 unspecified atom stereocenters. The van der Waals surface area contributed by atoms with Gasteiger partial charge in [0.2, 0.25) is 10.0 Å². The Morgan fingerprint density at radius 2 is 2.05 bits per heavy atom. The fraction of sp³-hybridized carbons (Fsp3) is 0.462. The van der Waals surface area contributed by atoms with E-state index in [2.05, 4.69) is 14.7 Å². The summed E-state index contributed by atoms with van der Waals surface area (Å²) in [5, 5.41) is -0.361. The first-order valence-corrected chi connectivity index (χ1v) is 8.19. The van der Waals surface area contributed by atoms with E-state index < -0.39 is 10.0 Å². The molecule has 1 fully saturated rings. The highest BCUT2D eigenvalue weighted by molar-refractivity contribution is 7.90. The summed E-state index contributed by atoms with van der Waals surface area (Å²) >= 11 is 0. The zero-order valence-electron chi connectivity index (χ0n) is 11.0. The van der Waals surface area contributed by atoms with Crippen LogP contribution in [0.15, 0.2) is 24.3 Å². The third-order valence-electron chi connectivity index (χ3n) is 3.49. The third kappa shape index (κ3) is 2.84. The van der Waals surface area contributed by atoms with Gasteiger partial charge < -0.3 is 9.72 Å². The zero-order valence-corrected chi connectivity index (χ0v) is 11.8. The van der Waals surface area contributed by atoms with E-state index in [1.54, 1.807) is 0 Å². The predicted molar refractivity (Wildman–Crippen MR) is 75.7 cm³/mol. The molecule has 2 N–H and O–H groups in total. The molecule has 2 aromatic rings. The number of imidazole rings is 1. The largest absolute Gasteiger partial charge is 0.381 e. The zero-order chi connectivity index (χ0) is 14.0. The van der Waals surface area contributed by atoms with Gasteiger partial charge in [-0.3, -0.25) is 0 Å². The Kier molecular flexibility index (Phi) is 3.73. The first-order chi connectivity index (χ1) is 9.65. The second-order valence-corrected chi connectivity index (χ2v) is 6.92. The molecule has 1 aromatic carbocycles. The molecule has 0 spiro atoms. The molecule has 1 saturated heterocycles. The quantitative estimate of drug-likeness (QED) is 0.886. The van der Waals surface area contributed by atoms with Crippen molar-refractivity contribution in [3.05, 3.63) is 30.1 Å². The van der Waals surface area contributed by atoms with Crippen molar-refractivity contribution >= 4 is 21.1 Å². The van der Waals surface area contributed by atoms with Gasteiger partial charge in [0.15, 0.2) is 0 Å². The van der Waals surface area contributed by atoms with Gasteiger partial charge in [-0.2, -0.15) is 0 Å². The molecule has 3 rings (SSSR count). The maximum absolute atomic E-state index is 12.2. The van der Waals surface area contributed by atoms with Crippen LogP contribution in [-0.2, 0) is 21.3 Å². The summed E-state index contributed by atoms with van der Waals surface area (Å²) in [5.74, 6) is 0.627. The van der Waals surface area contributed by atoms with Gasteiger partial charge in [-0.05, 0) is 25.0 Å². The number of fused-ring (bicyclic) bond motifs is 1. The lowest BCUT2D eigenvalue weighted by Crippen LogP contribution is -2.37.